The lowest BCUT2D eigenvalue weighted by Crippen LogP contribution is -2.37. The summed E-state index contributed by atoms with van der Waals surface area (Å²) in [6.07, 6.45) is 3.14. The summed E-state index contributed by atoms with van der Waals surface area (Å²) in [5.74, 6) is 0. The van der Waals surface area contributed by atoms with Gasteiger partial charge in [0.1, 0.15) is 0 Å². The molecule has 0 N–H and O–H groups in total. The summed E-state index contributed by atoms with van der Waals surface area (Å²) in [5, 5.41) is 0. The van der Waals surface area contributed by atoms with Crippen LogP contribution in [0, 0.1) is 13.8 Å². The molecule has 1 aromatic rings. The van der Waals surface area contributed by atoms with Gasteiger partial charge in [0, 0.05) is 31.9 Å². The first-order valence-corrected chi connectivity index (χ1v) is 6.06. The zero-order chi connectivity index (χ0) is 11.4. The first kappa shape index (κ1) is 11.6. The minimum absolute atomic E-state index is 0.892. The number of nitrogens with zero attached hydrogens (tertiary/aromatic N) is 3. The van der Waals surface area contributed by atoms with Gasteiger partial charge in [-0.15, -0.1) is 0 Å². The van der Waals surface area contributed by atoms with Crippen LogP contribution in [0.1, 0.15) is 17.8 Å². The first-order valence-electron chi connectivity index (χ1n) is 6.06. The molecular weight excluding hydrogens is 202 g/mol. The Labute approximate surface area is 97.2 Å². The molecule has 0 aromatic carbocycles. The molecular formula is C12H21N3O. The molecule has 90 valence electrons. The van der Waals surface area contributed by atoms with E-state index in [1.165, 1.54) is 18.7 Å². The van der Waals surface area contributed by atoms with Gasteiger partial charge in [-0.1, -0.05) is 0 Å². The van der Waals surface area contributed by atoms with Crippen molar-refractivity contribution in [2.75, 3.05) is 32.8 Å². The van der Waals surface area contributed by atoms with Crippen molar-refractivity contribution < 1.29 is 4.74 Å². The van der Waals surface area contributed by atoms with Crippen molar-refractivity contribution in [1.82, 2.24) is 14.5 Å². The Balaban J connectivity index is 1.73. The van der Waals surface area contributed by atoms with E-state index in [-0.39, 0.29) is 0 Å². The van der Waals surface area contributed by atoms with E-state index < -0.39 is 0 Å². The molecule has 16 heavy (non-hydrogen) atoms. The minimum atomic E-state index is 0.892. The smallest absolute Gasteiger partial charge is 0.0951 e. The molecule has 1 aliphatic rings. The van der Waals surface area contributed by atoms with Crippen LogP contribution in [0.2, 0.25) is 0 Å². The minimum Gasteiger partial charge on any atom is -0.379 e. The highest BCUT2D eigenvalue weighted by atomic mass is 16.5. The van der Waals surface area contributed by atoms with Crippen molar-refractivity contribution >= 4 is 0 Å². The van der Waals surface area contributed by atoms with E-state index in [4.69, 9.17) is 4.74 Å². The molecule has 4 heteroatoms. The highest BCUT2D eigenvalue weighted by molar-refractivity contribution is 5.08. The first-order chi connectivity index (χ1) is 7.77. The molecule has 0 radical (unpaired) electrons. The lowest BCUT2D eigenvalue weighted by atomic mass is 10.3. The average molecular weight is 223 g/mol. The lowest BCUT2D eigenvalue weighted by Gasteiger charge is -2.26. The third-order valence-electron chi connectivity index (χ3n) is 3.32. The molecule has 0 aliphatic carbocycles. The van der Waals surface area contributed by atoms with Crippen molar-refractivity contribution in [2.45, 2.75) is 26.8 Å². The van der Waals surface area contributed by atoms with Crippen LogP contribution in [-0.2, 0) is 11.3 Å². The van der Waals surface area contributed by atoms with Gasteiger partial charge in [-0.25, -0.2) is 4.98 Å². The Morgan fingerprint density at radius 2 is 2.00 bits per heavy atom. The maximum atomic E-state index is 5.33. The van der Waals surface area contributed by atoms with Gasteiger partial charge in [0.2, 0.25) is 0 Å². The van der Waals surface area contributed by atoms with Gasteiger partial charge in [-0.2, -0.15) is 0 Å². The van der Waals surface area contributed by atoms with Crippen molar-refractivity contribution in [3.63, 3.8) is 0 Å². The summed E-state index contributed by atoms with van der Waals surface area (Å²) in [5.41, 5.74) is 2.44. The number of hydrogen-bond donors (Lipinski definition) is 0. The SMILES string of the molecule is Cc1ncn(CCCN2CCOCC2)c1C. The number of morpholine rings is 1. The van der Waals surface area contributed by atoms with Crippen molar-refractivity contribution in [1.29, 1.82) is 0 Å². The number of rotatable bonds is 4. The number of aromatic nitrogens is 2. The fraction of sp³-hybridized carbons (Fsp3) is 0.750. The van der Waals surface area contributed by atoms with Gasteiger partial charge in [-0.05, 0) is 20.3 Å². The van der Waals surface area contributed by atoms with Gasteiger partial charge in [-0.3, -0.25) is 4.90 Å². The Kier molecular flexibility index (Phi) is 3.96. The van der Waals surface area contributed by atoms with Crippen LogP contribution in [0.15, 0.2) is 6.33 Å². The Bertz CT molecular complexity index is 329. The second-order valence-corrected chi connectivity index (χ2v) is 4.42. The molecule has 0 saturated carbocycles. The summed E-state index contributed by atoms with van der Waals surface area (Å²) in [4.78, 5) is 6.79. The monoisotopic (exact) mass is 223 g/mol. The standard InChI is InChI=1S/C12H21N3O/c1-11-12(2)15(10-13-11)5-3-4-14-6-8-16-9-7-14/h10H,3-9H2,1-2H3. The van der Waals surface area contributed by atoms with E-state index in [0.29, 0.717) is 0 Å². The molecule has 0 atom stereocenters. The zero-order valence-corrected chi connectivity index (χ0v) is 10.3. The summed E-state index contributed by atoms with van der Waals surface area (Å²) >= 11 is 0. The maximum absolute atomic E-state index is 5.33. The van der Waals surface area contributed by atoms with Crippen LogP contribution in [0.4, 0.5) is 0 Å². The third-order valence-corrected chi connectivity index (χ3v) is 3.32. The van der Waals surface area contributed by atoms with Crippen LogP contribution in [0.25, 0.3) is 0 Å². The van der Waals surface area contributed by atoms with E-state index in [1.807, 2.05) is 6.33 Å². The van der Waals surface area contributed by atoms with Crippen molar-refractivity contribution in [3.8, 4) is 0 Å². The molecule has 2 rings (SSSR count). The molecule has 0 unspecified atom stereocenters. The van der Waals surface area contributed by atoms with Gasteiger partial charge < -0.3 is 9.30 Å². The highest BCUT2D eigenvalue weighted by Crippen LogP contribution is 2.06. The maximum Gasteiger partial charge on any atom is 0.0951 e. The van der Waals surface area contributed by atoms with Crippen LogP contribution in [-0.4, -0.2) is 47.3 Å². The molecule has 1 fully saturated rings. The van der Waals surface area contributed by atoms with Gasteiger partial charge >= 0.3 is 0 Å². The molecule has 0 amide bonds. The quantitative estimate of drug-likeness (QED) is 0.769. The lowest BCUT2D eigenvalue weighted by molar-refractivity contribution is 0.0369. The van der Waals surface area contributed by atoms with Crippen LogP contribution in [0.3, 0.4) is 0 Å². The average Bonchev–Trinajstić information content (AvgIpc) is 2.62. The highest BCUT2D eigenvalue weighted by Gasteiger charge is 2.09. The van der Waals surface area contributed by atoms with Crippen LogP contribution >= 0.6 is 0 Å². The van der Waals surface area contributed by atoms with E-state index in [0.717, 1.165) is 38.5 Å². The van der Waals surface area contributed by atoms with E-state index in [9.17, 15) is 0 Å². The molecule has 0 bridgehead atoms. The topological polar surface area (TPSA) is 30.3 Å². The number of imidazole rings is 1. The molecule has 4 nitrogen and oxygen atoms in total. The van der Waals surface area contributed by atoms with E-state index >= 15 is 0 Å². The number of ether oxygens (including phenoxy) is 1. The fourth-order valence-corrected chi connectivity index (χ4v) is 2.06. The van der Waals surface area contributed by atoms with Crippen LogP contribution in [0.5, 0.6) is 0 Å². The fourth-order valence-electron chi connectivity index (χ4n) is 2.06. The summed E-state index contributed by atoms with van der Waals surface area (Å²) in [6.45, 7) is 10.4. The number of aryl methyl sites for hydroxylation is 2. The summed E-state index contributed by atoms with van der Waals surface area (Å²) in [7, 11) is 0. The van der Waals surface area contributed by atoms with Gasteiger partial charge in [0.25, 0.3) is 0 Å². The second kappa shape index (κ2) is 5.46. The molecule has 1 aromatic heterocycles. The number of hydrogen-bond acceptors (Lipinski definition) is 3. The predicted molar refractivity (Wildman–Crippen MR) is 63.6 cm³/mol. The van der Waals surface area contributed by atoms with Crippen molar-refractivity contribution in [3.05, 3.63) is 17.7 Å². The van der Waals surface area contributed by atoms with Crippen LogP contribution < -0.4 is 0 Å². The largest absolute Gasteiger partial charge is 0.379 e. The zero-order valence-electron chi connectivity index (χ0n) is 10.3. The predicted octanol–water partition coefficient (Wildman–Crippen LogP) is 1.22. The molecule has 2 heterocycles. The molecule has 1 aliphatic heterocycles. The van der Waals surface area contributed by atoms with E-state index in [2.05, 4.69) is 28.3 Å². The molecule has 1 saturated heterocycles. The van der Waals surface area contributed by atoms with Gasteiger partial charge in [0.15, 0.2) is 0 Å². The van der Waals surface area contributed by atoms with Crippen molar-refractivity contribution in [2.24, 2.45) is 0 Å². The van der Waals surface area contributed by atoms with Gasteiger partial charge in [0.05, 0.1) is 25.2 Å². The Morgan fingerprint density at radius 1 is 1.25 bits per heavy atom. The third kappa shape index (κ3) is 2.83. The summed E-state index contributed by atoms with van der Waals surface area (Å²) < 4.78 is 7.58. The molecule has 0 spiro atoms. The summed E-state index contributed by atoms with van der Waals surface area (Å²) in [6, 6.07) is 0. The normalized spacial score (nSPS) is 17.9. The Morgan fingerprint density at radius 3 is 2.62 bits per heavy atom. The Hall–Kier alpha value is -0.870. The van der Waals surface area contributed by atoms with E-state index in [1.54, 1.807) is 0 Å². The second-order valence-electron chi connectivity index (χ2n) is 4.42.